The highest BCUT2D eigenvalue weighted by atomic mass is 79.9. The average molecular weight is 307 g/mol. The summed E-state index contributed by atoms with van der Waals surface area (Å²) in [5, 5.41) is 12.2. The highest BCUT2D eigenvalue weighted by Gasteiger charge is 2.07. The van der Waals surface area contributed by atoms with Crippen molar-refractivity contribution >= 4 is 33.4 Å². The number of benzene rings is 1. The average Bonchev–Trinajstić information content (AvgIpc) is 2.21. The van der Waals surface area contributed by atoms with Crippen LogP contribution in [0.2, 0.25) is 5.02 Å². The SMILES string of the molecule is CC(O)CCNC(=O)c1ccc(Br)c(Cl)c1. The number of aliphatic hydroxyl groups is 1. The molecule has 1 unspecified atom stereocenters. The molecule has 5 heteroatoms. The zero-order valence-electron chi connectivity index (χ0n) is 8.84. The van der Waals surface area contributed by atoms with Gasteiger partial charge in [-0.15, -0.1) is 0 Å². The Morgan fingerprint density at radius 1 is 1.62 bits per heavy atom. The predicted molar refractivity (Wildman–Crippen MR) is 67.8 cm³/mol. The van der Waals surface area contributed by atoms with Crippen LogP contribution in [-0.2, 0) is 0 Å². The Bertz CT molecular complexity index is 382. The lowest BCUT2D eigenvalue weighted by molar-refractivity contribution is 0.0945. The molecule has 0 spiro atoms. The Morgan fingerprint density at radius 3 is 2.88 bits per heavy atom. The number of nitrogens with one attached hydrogen (secondary N) is 1. The largest absolute Gasteiger partial charge is 0.393 e. The maximum Gasteiger partial charge on any atom is 0.251 e. The predicted octanol–water partition coefficient (Wildman–Crippen LogP) is 2.60. The lowest BCUT2D eigenvalue weighted by Crippen LogP contribution is -2.26. The van der Waals surface area contributed by atoms with Crippen molar-refractivity contribution < 1.29 is 9.90 Å². The van der Waals surface area contributed by atoms with E-state index in [0.717, 1.165) is 4.47 Å². The number of carbonyl (C=O) groups is 1. The van der Waals surface area contributed by atoms with E-state index in [4.69, 9.17) is 16.7 Å². The van der Waals surface area contributed by atoms with E-state index in [1.165, 1.54) is 0 Å². The summed E-state index contributed by atoms with van der Waals surface area (Å²) in [6.07, 6.45) is 0.129. The molecule has 3 nitrogen and oxygen atoms in total. The molecule has 0 fully saturated rings. The molecule has 0 saturated carbocycles. The highest BCUT2D eigenvalue weighted by Crippen LogP contribution is 2.23. The molecule has 1 amide bonds. The van der Waals surface area contributed by atoms with Gasteiger partial charge in [-0.25, -0.2) is 0 Å². The van der Waals surface area contributed by atoms with Crippen LogP contribution in [-0.4, -0.2) is 23.7 Å². The van der Waals surface area contributed by atoms with E-state index in [0.29, 0.717) is 23.6 Å². The van der Waals surface area contributed by atoms with Gasteiger partial charge in [0.1, 0.15) is 0 Å². The smallest absolute Gasteiger partial charge is 0.251 e. The van der Waals surface area contributed by atoms with E-state index in [-0.39, 0.29) is 5.91 Å². The molecule has 0 saturated heterocycles. The van der Waals surface area contributed by atoms with Gasteiger partial charge < -0.3 is 10.4 Å². The third kappa shape index (κ3) is 4.12. The molecule has 1 aromatic rings. The standard InChI is InChI=1S/C11H13BrClNO2/c1-7(15)4-5-14-11(16)8-2-3-9(12)10(13)6-8/h2-3,6-7,15H,4-5H2,1H3,(H,14,16). The van der Waals surface area contributed by atoms with Crippen LogP contribution in [0.3, 0.4) is 0 Å². The quantitative estimate of drug-likeness (QED) is 0.898. The maximum absolute atomic E-state index is 11.6. The fourth-order valence-electron chi connectivity index (χ4n) is 1.13. The van der Waals surface area contributed by atoms with E-state index in [1.54, 1.807) is 25.1 Å². The Hall–Kier alpha value is -0.580. The van der Waals surface area contributed by atoms with Crippen LogP contribution in [0.1, 0.15) is 23.7 Å². The molecule has 0 aliphatic carbocycles. The van der Waals surface area contributed by atoms with Gasteiger partial charge in [0.2, 0.25) is 0 Å². The topological polar surface area (TPSA) is 49.3 Å². The highest BCUT2D eigenvalue weighted by molar-refractivity contribution is 9.10. The van der Waals surface area contributed by atoms with Gasteiger partial charge in [-0.05, 0) is 47.5 Å². The molecule has 88 valence electrons. The van der Waals surface area contributed by atoms with Gasteiger partial charge in [0.15, 0.2) is 0 Å². The van der Waals surface area contributed by atoms with Crippen molar-refractivity contribution in [1.29, 1.82) is 0 Å². The van der Waals surface area contributed by atoms with Crippen LogP contribution in [0.4, 0.5) is 0 Å². The monoisotopic (exact) mass is 305 g/mol. The van der Waals surface area contributed by atoms with Crippen molar-refractivity contribution in [2.45, 2.75) is 19.4 Å². The number of hydrogen-bond donors (Lipinski definition) is 2. The number of amides is 1. The molecule has 0 bridgehead atoms. The molecule has 1 aromatic carbocycles. The van der Waals surface area contributed by atoms with Gasteiger partial charge in [0, 0.05) is 16.6 Å². The first kappa shape index (κ1) is 13.5. The van der Waals surface area contributed by atoms with Gasteiger partial charge >= 0.3 is 0 Å². The molecule has 0 radical (unpaired) electrons. The van der Waals surface area contributed by atoms with E-state index in [9.17, 15) is 4.79 Å². The molecular formula is C11H13BrClNO2. The lowest BCUT2D eigenvalue weighted by Gasteiger charge is -2.07. The fraction of sp³-hybridized carbons (Fsp3) is 0.364. The molecule has 0 aromatic heterocycles. The van der Waals surface area contributed by atoms with Gasteiger partial charge in [-0.2, -0.15) is 0 Å². The van der Waals surface area contributed by atoms with Crippen LogP contribution in [0.25, 0.3) is 0 Å². The maximum atomic E-state index is 11.6. The zero-order valence-corrected chi connectivity index (χ0v) is 11.2. The van der Waals surface area contributed by atoms with Gasteiger partial charge in [0.25, 0.3) is 5.91 Å². The molecular weight excluding hydrogens is 293 g/mol. The van der Waals surface area contributed by atoms with Crippen molar-refractivity contribution in [1.82, 2.24) is 5.32 Å². The Kier molecular flexibility index (Phi) is 5.25. The van der Waals surface area contributed by atoms with Crippen molar-refractivity contribution in [2.75, 3.05) is 6.54 Å². The zero-order chi connectivity index (χ0) is 12.1. The number of aliphatic hydroxyl groups excluding tert-OH is 1. The van der Waals surface area contributed by atoms with Crippen molar-refractivity contribution in [2.24, 2.45) is 0 Å². The first-order valence-corrected chi connectivity index (χ1v) is 6.09. The Morgan fingerprint density at radius 2 is 2.31 bits per heavy atom. The molecule has 0 aliphatic heterocycles. The Balaban J connectivity index is 2.56. The normalized spacial score (nSPS) is 12.2. The summed E-state index contributed by atoms with van der Waals surface area (Å²) in [4.78, 5) is 11.6. The summed E-state index contributed by atoms with van der Waals surface area (Å²) in [6, 6.07) is 5.02. The van der Waals surface area contributed by atoms with Crippen LogP contribution in [0, 0.1) is 0 Å². The molecule has 1 rings (SSSR count). The summed E-state index contributed by atoms with van der Waals surface area (Å²) < 4.78 is 0.759. The van der Waals surface area contributed by atoms with Gasteiger partial charge in [-0.1, -0.05) is 11.6 Å². The summed E-state index contributed by atoms with van der Waals surface area (Å²) in [5.41, 5.74) is 0.513. The minimum absolute atomic E-state index is 0.185. The molecule has 0 heterocycles. The minimum atomic E-state index is -0.409. The molecule has 0 aliphatic rings. The summed E-state index contributed by atoms with van der Waals surface area (Å²) in [6.45, 7) is 2.13. The van der Waals surface area contributed by atoms with Crippen LogP contribution in [0.15, 0.2) is 22.7 Å². The number of halogens is 2. The fourth-order valence-corrected chi connectivity index (χ4v) is 1.56. The van der Waals surface area contributed by atoms with Crippen molar-refractivity contribution in [3.63, 3.8) is 0 Å². The number of carbonyl (C=O) groups excluding carboxylic acids is 1. The van der Waals surface area contributed by atoms with Crippen LogP contribution in [0.5, 0.6) is 0 Å². The molecule has 16 heavy (non-hydrogen) atoms. The third-order valence-corrected chi connectivity index (χ3v) is 3.26. The van der Waals surface area contributed by atoms with E-state index >= 15 is 0 Å². The second kappa shape index (κ2) is 6.23. The van der Waals surface area contributed by atoms with E-state index in [1.807, 2.05) is 0 Å². The Labute approximate surface area is 108 Å². The van der Waals surface area contributed by atoms with Gasteiger partial charge in [-0.3, -0.25) is 4.79 Å². The minimum Gasteiger partial charge on any atom is -0.393 e. The van der Waals surface area contributed by atoms with E-state index in [2.05, 4.69) is 21.2 Å². The lowest BCUT2D eigenvalue weighted by atomic mass is 10.2. The second-order valence-electron chi connectivity index (χ2n) is 3.52. The number of hydrogen-bond acceptors (Lipinski definition) is 2. The third-order valence-electron chi connectivity index (χ3n) is 2.03. The first-order chi connectivity index (χ1) is 7.50. The number of rotatable bonds is 4. The first-order valence-electron chi connectivity index (χ1n) is 4.92. The van der Waals surface area contributed by atoms with Crippen LogP contribution >= 0.6 is 27.5 Å². The molecule has 1 atom stereocenters. The van der Waals surface area contributed by atoms with Crippen molar-refractivity contribution in [3.05, 3.63) is 33.3 Å². The summed E-state index contributed by atoms with van der Waals surface area (Å²) >= 11 is 9.13. The van der Waals surface area contributed by atoms with Gasteiger partial charge in [0.05, 0.1) is 11.1 Å². The summed E-state index contributed by atoms with van der Waals surface area (Å²) in [5.74, 6) is -0.185. The summed E-state index contributed by atoms with van der Waals surface area (Å²) in [7, 11) is 0. The van der Waals surface area contributed by atoms with Crippen molar-refractivity contribution in [3.8, 4) is 0 Å². The van der Waals surface area contributed by atoms with E-state index < -0.39 is 6.10 Å². The van der Waals surface area contributed by atoms with Crippen LogP contribution < -0.4 is 5.32 Å². The molecule has 2 N–H and O–H groups in total. The second-order valence-corrected chi connectivity index (χ2v) is 4.78.